The third kappa shape index (κ3) is 2.28. The first-order valence-electron chi connectivity index (χ1n) is 6.55. The summed E-state index contributed by atoms with van der Waals surface area (Å²) in [6.07, 6.45) is 3.41. The standard InChI is InChI=1S/C14H16N2O3/c17-9-15-7-13-8-16(14(18)19-13)12-5-4-10-2-1-3-11(10)6-12/h4-6,9,13H,1-3,7-8H2,(H,15,17)/t13-/m0/s1. The van der Waals surface area contributed by atoms with E-state index in [9.17, 15) is 9.59 Å². The van der Waals surface area contributed by atoms with Crippen molar-refractivity contribution in [3.63, 3.8) is 0 Å². The zero-order valence-corrected chi connectivity index (χ0v) is 10.6. The summed E-state index contributed by atoms with van der Waals surface area (Å²) < 4.78 is 5.22. The lowest BCUT2D eigenvalue weighted by atomic mass is 10.1. The lowest BCUT2D eigenvalue weighted by Gasteiger charge is -2.14. The van der Waals surface area contributed by atoms with E-state index in [1.54, 1.807) is 4.90 Å². The molecule has 0 unspecified atom stereocenters. The van der Waals surface area contributed by atoms with Crippen molar-refractivity contribution in [2.24, 2.45) is 0 Å². The van der Waals surface area contributed by atoms with E-state index in [4.69, 9.17) is 4.74 Å². The molecule has 100 valence electrons. The van der Waals surface area contributed by atoms with Gasteiger partial charge in [0, 0.05) is 5.69 Å². The van der Waals surface area contributed by atoms with E-state index in [1.807, 2.05) is 6.07 Å². The van der Waals surface area contributed by atoms with Crippen LogP contribution in [0.2, 0.25) is 0 Å². The van der Waals surface area contributed by atoms with Gasteiger partial charge in [0.1, 0.15) is 6.10 Å². The highest BCUT2D eigenvalue weighted by atomic mass is 16.6. The average Bonchev–Trinajstić information content (AvgIpc) is 3.01. The van der Waals surface area contributed by atoms with E-state index in [2.05, 4.69) is 17.4 Å². The van der Waals surface area contributed by atoms with Gasteiger partial charge in [0.15, 0.2) is 0 Å². The molecule has 1 aliphatic heterocycles. The first-order chi connectivity index (χ1) is 9.28. The molecule has 1 saturated heterocycles. The minimum atomic E-state index is -0.337. The van der Waals surface area contributed by atoms with Crippen LogP contribution in [0, 0.1) is 0 Å². The average molecular weight is 260 g/mol. The summed E-state index contributed by atoms with van der Waals surface area (Å²) >= 11 is 0. The van der Waals surface area contributed by atoms with Crippen LogP contribution in [-0.2, 0) is 22.4 Å². The summed E-state index contributed by atoms with van der Waals surface area (Å²) in [6, 6.07) is 6.15. The molecule has 2 amide bonds. The predicted molar refractivity (Wildman–Crippen MR) is 70.1 cm³/mol. The van der Waals surface area contributed by atoms with Gasteiger partial charge in [-0.15, -0.1) is 0 Å². The number of fused-ring (bicyclic) bond motifs is 1. The van der Waals surface area contributed by atoms with Crippen molar-refractivity contribution in [1.29, 1.82) is 0 Å². The molecule has 0 radical (unpaired) electrons. The smallest absolute Gasteiger partial charge is 0.414 e. The van der Waals surface area contributed by atoms with Crippen LogP contribution < -0.4 is 10.2 Å². The maximum atomic E-state index is 11.8. The number of rotatable bonds is 4. The Morgan fingerprint density at radius 2 is 2.21 bits per heavy atom. The minimum Gasteiger partial charge on any atom is -0.442 e. The summed E-state index contributed by atoms with van der Waals surface area (Å²) in [5.41, 5.74) is 3.61. The Balaban J connectivity index is 1.75. The summed E-state index contributed by atoms with van der Waals surface area (Å²) in [6.45, 7) is 0.842. The molecule has 1 aliphatic carbocycles. The van der Waals surface area contributed by atoms with Crippen LogP contribution in [0.4, 0.5) is 10.5 Å². The number of nitrogens with zero attached hydrogens (tertiary/aromatic N) is 1. The Morgan fingerprint density at radius 1 is 1.37 bits per heavy atom. The maximum absolute atomic E-state index is 11.8. The second-order valence-corrected chi connectivity index (χ2v) is 4.95. The fraction of sp³-hybridized carbons (Fsp3) is 0.429. The van der Waals surface area contributed by atoms with Gasteiger partial charge < -0.3 is 10.1 Å². The number of aryl methyl sites for hydroxylation is 2. The molecule has 0 saturated carbocycles. The quantitative estimate of drug-likeness (QED) is 0.829. The molecule has 19 heavy (non-hydrogen) atoms. The molecule has 1 heterocycles. The zero-order valence-electron chi connectivity index (χ0n) is 10.6. The van der Waals surface area contributed by atoms with Crippen molar-refractivity contribution < 1.29 is 14.3 Å². The number of benzene rings is 1. The van der Waals surface area contributed by atoms with Gasteiger partial charge in [-0.1, -0.05) is 6.07 Å². The van der Waals surface area contributed by atoms with Gasteiger partial charge in [0.25, 0.3) is 0 Å². The molecule has 5 heteroatoms. The van der Waals surface area contributed by atoms with Crippen molar-refractivity contribution in [2.75, 3.05) is 18.0 Å². The minimum absolute atomic E-state index is 0.272. The number of nitrogens with one attached hydrogen (secondary N) is 1. The van der Waals surface area contributed by atoms with Crippen LogP contribution in [0.5, 0.6) is 0 Å². The van der Waals surface area contributed by atoms with Crippen LogP contribution in [0.3, 0.4) is 0 Å². The monoisotopic (exact) mass is 260 g/mol. The number of ether oxygens (including phenoxy) is 1. The molecule has 0 bridgehead atoms. The van der Waals surface area contributed by atoms with Gasteiger partial charge in [-0.3, -0.25) is 9.69 Å². The molecule has 1 atom stereocenters. The van der Waals surface area contributed by atoms with Gasteiger partial charge in [-0.25, -0.2) is 4.79 Å². The number of anilines is 1. The highest BCUT2D eigenvalue weighted by Gasteiger charge is 2.32. The predicted octanol–water partition coefficient (Wildman–Crippen LogP) is 1.25. The lowest BCUT2D eigenvalue weighted by molar-refractivity contribution is -0.109. The number of carbonyl (C=O) groups excluding carboxylic acids is 2. The Labute approximate surface area is 111 Å². The van der Waals surface area contributed by atoms with Crippen LogP contribution in [0.25, 0.3) is 0 Å². The van der Waals surface area contributed by atoms with E-state index >= 15 is 0 Å². The number of hydrogen-bond donors (Lipinski definition) is 1. The second-order valence-electron chi connectivity index (χ2n) is 4.95. The van der Waals surface area contributed by atoms with Gasteiger partial charge in [-0.2, -0.15) is 0 Å². The van der Waals surface area contributed by atoms with E-state index in [0.29, 0.717) is 19.5 Å². The Hall–Kier alpha value is -2.04. The molecule has 1 aromatic rings. The van der Waals surface area contributed by atoms with Gasteiger partial charge in [-0.05, 0) is 42.5 Å². The number of amides is 2. The molecule has 1 aromatic carbocycles. The van der Waals surface area contributed by atoms with Crippen molar-refractivity contribution in [1.82, 2.24) is 5.32 Å². The maximum Gasteiger partial charge on any atom is 0.414 e. The largest absolute Gasteiger partial charge is 0.442 e. The van der Waals surface area contributed by atoms with Crippen LogP contribution in [0.1, 0.15) is 17.5 Å². The third-order valence-corrected chi connectivity index (χ3v) is 3.70. The van der Waals surface area contributed by atoms with Crippen molar-refractivity contribution in [2.45, 2.75) is 25.4 Å². The van der Waals surface area contributed by atoms with E-state index < -0.39 is 0 Å². The fourth-order valence-electron chi connectivity index (χ4n) is 2.74. The van der Waals surface area contributed by atoms with Crippen LogP contribution >= 0.6 is 0 Å². The Bertz CT molecular complexity index is 515. The Kier molecular flexibility index (Phi) is 3.11. The fourth-order valence-corrected chi connectivity index (χ4v) is 2.74. The highest BCUT2D eigenvalue weighted by molar-refractivity contribution is 5.90. The molecule has 5 nitrogen and oxygen atoms in total. The van der Waals surface area contributed by atoms with Gasteiger partial charge >= 0.3 is 6.09 Å². The Morgan fingerprint density at radius 3 is 3.05 bits per heavy atom. The molecule has 0 aromatic heterocycles. The summed E-state index contributed by atoms with van der Waals surface area (Å²) in [5, 5.41) is 2.54. The number of carbonyl (C=O) groups is 2. The highest BCUT2D eigenvalue weighted by Crippen LogP contribution is 2.28. The van der Waals surface area contributed by atoms with Crippen LogP contribution in [-0.4, -0.2) is 31.7 Å². The zero-order chi connectivity index (χ0) is 13.2. The lowest BCUT2D eigenvalue weighted by Crippen LogP contribution is -2.30. The van der Waals surface area contributed by atoms with Gasteiger partial charge in [0.05, 0.1) is 13.1 Å². The molecule has 1 N–H and O–H groups in total. The first kappa shape index (κ1) is 12.0. The SMILES string of the molecule is O=CNC[C@H]1CN(c2ccc3c(c2)CCC3)C(=O)O1. The second kappa shape index (κ2) is 4.91. The number of hydrogen-bond acceptors (Lipinski definition) is 3. The molecular weight excluding hydrogens is 244 g/mol. The van der Waals surface area contributed by atoms with Crippen molar-refractivity contribution in [3.05, 3.63) is 29.3 Å². The van der Waals surface area contributed by atoms with E-state index in [1.165, 1.54) is 17.5 Å². The van der Waals surface area contributed by atoms with Crippen molar-refractivity contribution in [3.8, 4) is 0 Å². The molecule has 2 aliphatic rings. The van der Waals surface area contributed by atoms with Crippen molar-refractivity contribution >= 4 is 18.2 Å². The topological polar surface area (TPSA) is 58.6 Å². The molecule has 3 rings (SSSR count). The molecular formula is C14H16N2O3. The van der Waals surface area contributed by atoms with E-state index in [0.717, 1.165) is 18.5 Å². The summed E-state index contributed by atoms with van der Waals surface area (Å²) in [5.74, 6) is 0. The summed E-state index contributed by atoms with van der Waals surface area (Å²) in [7, 11) is 0. The molecule has 1 fully saturated rings. The molecule has 0 spiro atoms. The normalized spacial score (nSPS) is 21.2. The number of cyclic esters (lactones) is 1. The summed E-state index contributed by atoms with van der Waals surface area (Å²) in [4.78, 5) is 23.7. The van der Waals surface area contributed by atoms with Gasteiger partial charge in [0.2, 0.25) is 6.41 Å². The van der Waals surface area contributed by atoms with Crippen LogP contribution in [0.15, 0.2) is 18.2 Å². The van der Waals surface area contributed by atoms with E-state index in [-0.39, 0.29) is 12.2 Å². The third-order valence-electron chi connectivity index (χ3n) is 3.70. The first-order valence-corrected chi connectivity index (χ1v) is 6.55.